The summed E-state index contributed by atoms with van der Waals surface area (Å²) < 4.78 is 1.49. The van der Waals surface area contributed by atoms with Gasteiger partial charge in [-0.25, -0.2) is 4.68 Å². The van der Waals surface area contributed by atoms with Crippen LogP contribution >= 0.6 is 8.92 Å². The Kier molecular flexibility index (Phi) is 7.25. The fourth-order valence-corrected chi connectivity index (χ4v) is 1.26. The topological polar surface area (TPSA) is 56.0 Å². The number of aryl methyl sites for hydroxylation is 1. The van der Waals surface area contributed by atoms with Crippen LogP contribution in [0, 0.1) is 6.92 Å². The van der Waals surface area contributed by atoms with E-state index >= 15 is 0 Å². The Hall–Kier alpha value is -0.731. The molecule has 5 nitrogen and oxygen atoms in total. The number of hydrogen-bond acceptors (Lipinski definition) is 5. The molecule has 0 N–H and O–H groups in total. The van der Waals surface area contributed by atoms with Gasteiger partial charge in [0.1, 0.15) is 5.82 Å². The standard InChI is InChI=1S/C9H9N5S.2CH3.ClH.Sn/c1-7-12-13-9(15)14(7)11-6-8-4-2-3-5-10-8;;;;/h2-6H,1H3,(H,13,15);2*1H3;1H;/q;;;;+2/p-2/b11-6+;;;;. The first-order valence-electron chi connectivity index (χ1n) is 5.50. The van der Waals surface area contributed by atoms with Gasteiger partial charge in [0.05, 0.1) is 11.9 Å². The van der Waals surface area contributed by atoms with E-state index in [9.17, 15) is 0 Å². The first-order valence-corrected chi connectivity index (χ1v) is 15.2. The van der Waals surface area contributed by atoms with Gasteiger partial charge in [-0.1, -0.05) is 6.07 Å². The van der Waals surface area contributed by atoms with Crippen LogP contribution in [0.2, 0.25) is 9.88 Å². The van der Waals surface area contributed by atoms with Crippen LogP contribution in [0.5, 0.6) is 0 Å². The molecular weight excluding hydrogens is 388 g/mol. The normalized spacial score (nSPS) is 10.1. The Morgan fingerprint density at radius 2 is 2.05 bits per heavy atom. The average Bonchev–Trinajstić information content (AvgIpc) is 2.67. The van der Waals surface area contributed by atoms with Crippen molar-refractivity contribution in [2.24, 2.45) is 5.10 Å². The van der Waals surface area contributed by atoms with Crippen molar-refractivity contribution in [3.63, 3.8) is 0 Å². The zero-order chi connectivity index (χ0) is 14.3. The summed E-state index contributed by atoms with van der Waals surface area (Å²) in [5.41, 5.74) is 0.764. The van der Waals surface area contributed by atoms with Crippen molar-refractivity contribution < 1.29 is 0 Å². The molecule has 2 aromatic rings. The van der Waals surface area contributed by atoms with Crippen LogP contribution in [0.15, 0.2) is 34.7 Å². The third kappa shape index (κ3) is 6.31. The van der Waals surface area contributed by atoms with Crippen molar-refractivity contribution in [3.05, 3.63) is 35.9 Å². The monoisotopic (exact) mass is 403 g/mol. The molecule has 2 heterocycles. The molecule has 0 radical (unpaired) electrons. The average molecular weight is 402 g/mol. The van der Waals surface area contributed by atoms with Crippen molar-refractivity contribution in [1.29, 1.82) is 0 Å². The SMILES string of the molecule is Cc1nnc([S-])n1/N=C/c1ccccn1.[CH3][Sn+]([CH3])[Cl]. The molecule has 8 heteroatoms. The summed E-state index contributed by atoms with van der Waals surface area (Å²) >= 11 is 3.87. The summed E-state index contributed by atoms with van der Waals surface area (Å²) in [5, 5.41) is 12.0. The molecule has 0 spiro atoms. The third-order valence-electron chi connectivity index (χ3n) is 1.76. The molecule has 0 atom stereocenters. The molecule has 0 amide bonds. The molecule has 0 saturated carbocycles. The summed E-state index contributed by atoms with van der Waals surface area (Å²) in [6, 6.07) is 5.59. The van der Waals surface area contributed by atoms with Crippen molar-refractivity contribution in [2.45, 2.75) is 22.0 Å². The molecule has 100 valence electrons. The van der Waals surface area contributed by atoms with Gasteiger partial charge in [-0.05, 0) is 19.1 Å². The first-order chi connectivity index (χ1) is 9.00. The molecule has 0 unspecified atom stereocenters. The zero-order valence-corrected chi connectivity index (χ0v) is 15.3. The molecule has 0 aliphatic heterocycles. The number of aromatic nitrogens is 4. The van der Waals surface area contributed by atoms with E-state index in [1.807, 2.05) is 18.2 Å². The van der Waals surface area contributed by atoms with Gasteiger partial charge in [-0.3, -0.25) is 4.98 Å². The van der Waals surface area contributed by atoms with Gasteiger partial charge in [0.25, 0.3) is 0 Å². The number of pyridine rings is 1. The third-order valence-corrected chi connectivity index (χ3v) is 2.02. The van der Waals surface area contributed by atoms with E-state index in [-0.39, 0.29) is 0 Å². The van der Waals surface area contributed by atoms with Gasteiger partial charge >= 0.3 is 37.4 Å². The Balaban J connectivity index is 0.000000399. The van der Waals surface area contributed by atoms with E-state index < -0.39 is 18.6 Å². The Bertz CT molecular complexity index is 507. The molecule has 0 aliphatic carbocycles. The molecule has 0 aromatic carbocycles. The van der Waals surface area contributed by atoms with Crippen LogP contribution in [0.1, 0.15) is 11.5 Å². The van der Waals surface area contributed by atoms with Gasteiger partial charge in [0.15, 0.2) is 0 Å². The van der Waals surface area contributed by atoms with Gasteiger partial charge in [0.2, 0.25) is 0 Å². The zero-order valence-electron chi connectivity index (χ0n) is 10.9. The maximum atomic E-state index is 5.47. The summed E-state index contributed by atoms with van der Waals surface area (Å²) in [6.45, 7) is 1.79. The number of nitrogens with zero attached hydrogens (tertiary/aromatic N) is 5. The second-order valence-corrected chi connectivity index (χ2v) is 14.2. The van der Waals surface area contributed by atoms with E-state index in [4.69, 9.17) is 21.5 Å². The van der Waals surface area contributed by atoms with E-state index in [2.05, 4.69) is 30.2 Å². The van der Waals surface area contributed by atoms with Gasteiger partial charge in [-0.2, -0.15) is 10.2 Å². The maximum absolute atomic E-state index is 5.47. The second kappa shape index (κ2) is 8.44. The van der Waals surface area contributed by atoms with Crippen LogP contribution in [-0.4, -0.2) is 44.7 Å². The fourth-order valence-electron chi connectivity index (χ4n) is 1.04. The van der Waals surface area contributed by atoms with E-state index in [1.54, 1.807) is 19.3 Å². The molecule has 19 heavy (non-hydrogen) atoms. The molecular formula is C11H14ClN5SSn. The molecule has 2 rings (SSSR count). The van der Waals surface area contributed by atoms with E-state index in [0.29, 0.717) is 11.0 Å². The number of rotatable bonds is 2. The van der Waals surface area contributed by atoms with Crippen LogP contribution in [0.3, 0.4) is 0 Å². The quantitative estimate of drug-likeness (QED) is 0.439. The summed E-state index contributed by atoms with van der Waals surface area (Å²) in [7, 11) is 5.47. The van der Waals surface area contributed by atoms with Crippen molar-refractivity contribution in [3.8, 4) is 0 Å². The van der Waals surface area contributed by atoms with Crippen molar-refractivity contribution >= 4 is 46.4 Å². The number of halogens is 1. The van der Waals surface area contributed by atoms with Crippen LogP contribution in [0.4, 0.5) is 0 Å². The Morgan fingerprint density at radius 1 is 1.37 bits per heavy atom. The summed E-state index contributed by atoms with van der Waals surface area (Å²) in [6.07, 6.45) is 3.32. The van der Waals surface area contributed by atoms with Crippen molar-refractivity contribution in [2.75, 3.05) is 0 Å². The van der Waals surface area contributed by atoms with Crippen LogP contribution < -0.4 is 0 Å². The minimum absolute atomic E-state index is 0.347. The predicted octanol–water partition coefficient (Wildman–Crippen LogP) is 2.25. The summed E-state index contributed by atoms with van der Waals surface area (Å²) in [4.78, 5) is 8.36. The Morgan fingerprint density at radius 3 is 2.53 bits per heavy atom. The summed E-state index contributed by atoms with van der Waals surface area (Å²) in [5.74, 6) is 0.659. The van der Waals surface area contributed by atoms with Gasteiger partial charge in [0, 0.05) is 11.4 Å². The van der Waals surface area contributed by atoms with Crippen LogP contribution in [0.25, 0.3) is 0 Å². The predicted molar refractivity (Wildman–Crippen MR) is 81.0 cm³/mol. The van der Waals surface area contributed by atoms with Crippen molar-refractivity contribution in [1.82, 2.24) is 19.9 Å². The molecule has 2 aromatic heterocycles. The minimum atomic E-state index is -1.07. The molecule has 0 saturated heterocycles. The van der Waals surface area contributed by atoms with Crippen LogP contribution in [-0.2, 0) is 12.6 Å². The van der Waals surface area contributed by atoms with E-state index in [1.165, 1.54) is 4.68 Å². The Labute approximate surface area is 129 Å². The van der Waals surface area contributed by atoms with Gasteiger partial charge < -0.3 is 12.6 Å². The first kappa shape index (κ1) is 16.3. The molecule has 0 fully saturated rings. The second-order valence-electron chi connectivity index (χ2n) is 3.72. The van der Waals surface area contributed by atoms with E-state index in [0.717, 1.165) is 5.69 Å². The molecule has 0 bridgehead atoms. The number of hydrogen-bond donors (Lipinski definition) is 0. The fraction of sp³-hybridized carbons (Fsp3) is 0.273. The van der Waals surface area contributed by atoms with Gasteiger partial charge in [-0.15, -0.1) is 5.10 Å². The molecule has 0 aliphatic rings.